The van der Waals surface area contributed by atoms with Crippen molar-refractivity contribution in [2.45, 2.75) is 52.0 Å². The minimum absolute atomic E-state index is 0.176. The van der Waals surface area contributed by atoms with E-state index in [-0.39, 0.29) is 11.8 Å². The second kappa shape index (κ2) is 8.51. The lowest BCUT2D eigenvalue weighted by molar-refractivity contribution is -0.136. The maximum absolute atomic E-state index is 12.7. The molecular weight excluding hydrogens is 326 g/mol. The van der Waals surface area contributed by atoms with Crippen LogP contribution in [-0.2, 0) is 21.5 Å². The molecule has 24 heavy (non-hydrogen) atoms. The fraction of sp³-hybridized carbons (Fsp3) is 0.611. The highest BCUT2D eigenvalue weighted by Gasteiger charge is 2.27. The number of hydrogen-bond donors (Lipinski definition) is 0. The first-order valence-corrected chi connectivity index (χ1v) is 10.5. The first-order chi connectivity index (χ1) is 11.4. The monoisotopic (exact) mass is 353 g/mol. The number of carbonyl (C=O) groups excluding carboxylic acids is 1. The zero-order valence-electron chi connectivity index (χ0n) is 14.5. The second-order valence-electron chi connectivity index (χ2n) is 6.53. The average molecular weight is 353 g/mol. The third kappa shape index (κ3) is 5.82. The standard InChI is InChI=1S/C18H27NO4S/c1-3-4-13-19(18(20)16-7-5-6-8-16)14-15-9-11-17(12-10-15)23-24(2,21)22/h9-12,16H,3-8,13-14H2,1-2H3. The Hall–Kier alpha value is -1.56. The first-order valence-electron chi connectivity index (χ1n) is 8.66. The predicted molar refractivity (Wildman–Crippen MR) is 94.2 cm³/mol. The smallest absolute Gasteiger partial charge is 0.306 e. The van der Waals surface area contributed by atoms with Crippen molar-refractivity contribution in [2.75, 3.05) is 12.8 Å². The van der Waals surface area contributed by atoms with E-state index in [1.807, 2.05) is 17.0 Å². The van der Waals surface area contributed by atoms with Gasteiger partial charge >= 0.3 is 10.1 Å². The van der Waals surface area contributed by atoms with E-state index in [9.17, 15) is 13.2 Å². The molecule has 1 amide bonds. The van der Waals surface area contributed by atoms with Gasteiger partial charge in [-0.1, -0.05) is 38.3 Å². The van der Waals surface area contributed by atoms with E-state index in [0.29, 0.717) is 12.3 Å². The molecule has 0 bridgehead atoms. The molecule has 6 heteroatoms. The molecule has 1 aromatic rings. The highest BCUT2D eigenvalue weighted by molar-refractivity contribution is 7.86. The van der Waals surface area contributed by atoms with Crippen molar-refractivity contribution in [2.24, 2.45) is 5.92 Å². The first kappa shape index (κ1) is 18.8. The van der Waals surface area contributed by atoms with Gasteiger partial charge in [0.1, 0.15) is 5.75 Å². The minimum Gasteiger partial charge on any atom is -0.383 e. The Kier molecular flexibility index (Phi) is 6.66. The van der Waals surface area contributed by atoms with Gasteiger partial charge in [0, 0.05) is 19.0 Å². The highest BCUT2D eigenvalue weighted by atomic mass is 32.2. The Morgan fingerprint density at radius 2 is 1.83 bits per heavy atom. The number of benzene rings is 1. The molecule has 134 valence electrons. The fourth-order valence-electron chi connectivity index (χ4n) is 3.09. The molecule has 2 rings (SSSR count). The van der Waals surface area contributed by atoms with Gasteiger partial charge in [-0.3, -0.25) is 4.79 Å². The van der Waals surface area contributed by atoms with Crippen molar-refractivity contribution in [3.8, 4) is 5.75 Å². The van der Waals surface area contributed by atoms with Gasteiger partial charge in [-0.05, 0) is 37.0 Å². The van der Waals surface area contributed by atoms with Crippen LogP contribution in [0.25, 0.3) is 0 Å². The van der Waals surface area contributed by atoms with Crippen molar-refractivity contribution in [1.29, 1.82) is 0 Å². The van der Waals surface area contributed by atoms with Crippen molar-refractivity contribution in [3.05, 3.63) is 29.8 Å². The van der Waals surface area contributed by atoms with Crippen LogP contribution in [0.15, 0.2) is 24.3 Å². The normalized spacial score (nSPS) is 15.4. The summed E-state index contributed by atoms with van der Waals surface area (Å²) < 4.78 is 27.1. The molecule has 0 spiro atoms. The number of unbranched alkanes of at least 4 members (excludes halogenated alkanes) is 1. The van der Waals surface area contributed by atoms with E-state index >= 15 is 0 Å². The third-order valence-electron chi connectivity index (χ3n) is 4.34. The summed E-state index contributed by atoms with van der Waals surface area (Å²) in [5.41, 5.74) is 0.985. The van der Waals surface area contributed by atoms with Crippen LogP contribution in [0.1, 0.15) is 51.0 Å². The summed E-state index contributed by atoms with van der Waals surface area (Å²) in [7, 11) is -3.51. The molecule has 5 nitrogen and oxygen atoms in total. The average Bonchev–Trinajstić information content (AvgIpc) is 3.05. The highest BCUT2D eigenvalue weighted by Crippen LogP contribution is 2.27. The van der Waals surface area contributed by atoms with Crippen molar-refractivity contribution in [3.63, 3.8) is 0 Å². The lowest BCUT2D eigenvalue weighted by atomic mass is 10.1. The van der Waals surface area contributed by atoms with Gasteiger partial charge in [0.25, 0.3) is 0 Å². The topological polar surface area (TPSA) is 63.7 Å². The van der Waals surface area contributed by atoms with E-state index in [2.05, 4.69) is 6.92 Å². The molecule has 1 aromatic carbocycles. The SMILES string of the molecule is CCCCN(Cc1ccc(OS(C)(=O)=O)cc1)C(=O)C1CCCC1. The van der Waals surface area contributed by atoms with Gasteiger partial charge in [-0.2, -0.15) is 8.42 Å². The van der Waals surface area contributed by atoms with Crippen LogP contribution in [0.3, 0.4) is 0 Å². The Balaban J connectivity index is 2.03. The van der Waals surface area contributed by atoms with Crippen molar-refractivity contribution < 1.29 is 17.4 Å². The van der Waals surface area contributed by atoms with Crippen LogP contribution in [0.4, 0.5) is 0 Å². The summed E-state index contributed by atoms with van der Waals surface area (Å²) in [6, 6.07) is 6.91. The zero-order chi connectivity index (χ0) is 17.6. The van der Waals surface area contributed by atoms with Crippen LogP contribution in [0.2, 0.25) is 0 Å². The van der Waals surface area contributed by atoms with E-state index in [0.717, 1.165) is 56.9 Å². The molecular formula is C18H27NO4S. The van der Waals surface area contributed by atoms with Crippen molar-refractivity contribution in [1.82, 2.24) is 4.90 Å². The second-order valence-corrected chi connectivity index (χ2v) is 8.10. The maximum atomic E-state index is 12.7. The summed E-state index contributed by atoms with van der Waals surface area (Å²) in [6.07, 6.45) is 7.37. The van der Waals surface area contributed by atoms with E-state index < -0.39 is 10.1 Å². The Morgan fingerprint density at radius 3 is 2.38 bits per heavy atom. The molecule has 1 saturated carbocycles. The lowest BCUT2D eigenvalue weighted by Gasteiger charge is -2.26. The quantitative estimate of drug-likeness (QED) is 0.672. The third-order valence-corrected chi connectivity index (χ3v) is 4.84. The Bertz CT molecular complexity index is 633. The minimum atomic E-state index is -3.51. The molecule has 0 heterocycles. The molecule has 0 saturated heterocycles. The number of hydrogen-bond acceptors (Lipinski definition) is 4. The van der Waals surface area contributed by atoms with E-state index in [4.69, 9.17) is 4.18 Å². The molecule has 0 atom stereocenters. The van der Waals surface area contributed by atoms with E-state index in [1.165, 1.54) is 0 Å². The summed E-state index contributed by atoms with van der Waals surface area (Å²) >= 11 is 0. The van der Waals surface area contributed by atoms with Crippen LogP contribution >= 0.6 is 0 Å². The van der Waals surface area contributed by atoms with Gasteiger partial charge in [0.15, 0.2) is 0 Å². The molecule has 0 radical (unpaired) electrons. The van der Waals surface area contributed by atoms with Crippen LogP contribution in [-0.4, -0.2) is 32.0 Å². The molecule has 0 unspecified atom stereocenters. The van der Waals surface area contributed by atoms with Crippen molar-refractivity contribution >= 4 is 16.0 Å². The fourth-order valence-corrected chi connectivity index (χ4v) is 3.55. The summed E-state index contributed by atoms with van der Waals surface area (Å²) in [5, 5.41) is 0. The van der Waals surface area contributed by atoms with E-state index in [1.54, 1.807) is 12.1 Å². The van der Waals surface area contributed by atoms with Crippen LogP contribution in [0, 0.1) is 5.92 Å². The molecule has 1 aliphatic rings. The van der Waals surface area contributed by atoms with Gasteiger partial charge < -0.3 is 9.08 Å². The number of amides is 1. The summed E-state index contributed by atoms with van der Waals surface area (Å²) in [6.45, 7) is 3.46. The molecule has 1 fully saturated rings. The lowest BCUT2D eigenvalue weighted by Crippen LogP contribution is -2.35. The molecule has 0 aromatic heterocycles. The Labute approximate surface area is 145 Å². The van der Waals surface area contributed by atoms with Gasteiger partial charge in [0.2, 0.25) is 5.91 Å². The van der Waals surface area contributed by atoms with Gasteiger partial charge in [-0.25, -0.2) is 0 Å². The molecule has 0 aliphatic heterocycles. The van der Waals surface area contributed by atoms with Gasteiger partial charge in [0.05, 0.1) is 6.26 Å². The largest absolute Gasteiger partial charge is 0.383 e. The summed E-state index contributed by atoms with van der Waals surface area (Å²) in [5.74, 6) is 0.732. The van der Waals surface area contributed by atoms with Gasteiger partial charge in [-0.15, -0.1) is 0 Å². The number of nitrogens with zero attached hydrogens (tertiary/aromatic N) is 1. The number of carbonyl (C=O) groups is 1. The molecule has 0 N–H and O–H groups in total. The number of rotatable bonds is 8. The Morgan fingerprint density at radius 1 is 1.21 bits per heavy atom. The summed E-state index contributed by atoms with van der Waals surface area (Å²) in [4.78, 5) is 14.7. The maximum Gasteiger partial charge on any atom is 0.306 e. The van der Waals surface area contributed by atoms with Crippen LogP contribution < -0.4 is 4.18 Å². The predicted octanol–water partition coefficient (Wildman–Crippen LogP) is 3.34. The molecule has 1 aliphatic carbocycles. The zero-order valence-corrected chi connectivity index (χ0v) is 15.3. The van der Waals surface area contributed by atoms with Crippen LogP contribution in [0.5, 0.6) is 5.75 Å².